The van der Waals surface area contributed by atoms with Crippen molar-refractivity contribution in [3.05, 3.63) is 229 Å². The Hall–Kier alpha value is -7.42. The predicted octanol–water partition coefficient (Wildman–Crippen LogP) is 16.2. The summed E-state index contributed by atoms with van der Waals surface area (Å²) >= 11 is 0. The molecule has 0 saturated carbocycles. The Morgan fingerprint density at radius 3 is 1.79 bits per heavy atom. The summed E-state index contributed by atoms with van der Waals surface area (Å²) in [6, 6.07) is 76.6. The molecule has 2 aliphatic carbocycles. The molecule has 2 aliphatic rings. The maximum Gasteiger partial charge on any atom is 0.0620 e. The highest BCUT2D eigenvalue weighted by Gasteiger charge is 2.39. The molecule has 296 valence electrons. The van der Waals surface area contributed by atoms with Crippen molar-refractivity contribution in [3.63, 3.8) is 0 Å². The van der Waals surface area contributed by atoms with Gasteiger partial charge in [0.1, 0.15) is 0 Å². The first-order valence-corrected chi connectivity index (χ1v) is 21.9. The second-order valence-electron chi connectivity index (χ2n) is 18.1. The minimum absolute atomic E-state index is 0.143. The molecule has 0 fully saturated rings. The lowest BCUT2D eigenvalue weighted by Gasteiger charge is -2.31. The first-order valence-electron chi connectivity index (χ1n) is 21.9. The Labute approximate surface area is 364 Å². The topological polar surface area (TPSA) is 8.17 Å². The van der Waals surface area contributed by atoms with Gasteiger partial charge in [-0.05, 0) is 92.5 Å². The number of aromatic nitrogens is 1. The number of nitrogens with zero attached hydrogens (tertiary/aromatic N) is 2. The average molecular weight is 795 g/mol. The van der Waals surface area contributed by atoms with Crippen molar-refractivity contribution in [3.8, 4) is 50.2 Å². The van der Waals surface area contributed by atoms with Crippen LogP contribution in [0.25, 0.3) is 72.0 Å². The van der Waals surface area contributed by atoms with E-state index in [-0.39, 0.29) is 10.8 Å². The van der Waals surface area contributed by atoms with Crippen LogP contribution in [0.15, 0.2) is 206 Å². The Morgan fingerprint density at radius 1 is 0.387 bits per heavy atom. The van der Waals surface area contributed by atoms with Crippen LogP contribution in [0.2, 0.25) is 0 Å². The highest BCUT2D eigenvalue weighted by molar-refractivity contribution is 6.15. The van der Waals surface area contributed by atoms with Crippen LogP contribution in [0.3, 0.4) is 0 Å². The van der Waals surface area contributed by atoms with E-state index in [0.29, 0.717) is 0 Å². The molecule has 0 N–H and O–H groups in total. The van der Waals surface area contributed by atoms with Crippen LogP contribution in [0, 0.1) is 0 Å². The number of hydrogen-bond acceptors (Lipinski definition) is 1. The zero-order chi connectivity index (χ0) is 41.7. The van der Waals surface area contributed by atoms with Gasteiger partial charge in [0.15, 0.2) is 0 Å². The lowest BCUT2D eigenvalue weighted by molar-refractivity contribution is 0.660. The fourth-order valence-corrected chi connectivity index (χ4v) is 11.2. The van der Waals surface area contributed by atoms with Crippen LogP contribution in [-0.4, -0.2) is 4.57 Å². The summed E-state index contributed by atoms with van der Waals surface area (Å²) in [5, 5.41) is 2.48. The van der Waals surface area contributed by atoms with Crippen molar-refractivity contribution in [1.29, 1.82) is 0 Å². The summed E-state index contributed by atoms with van der Waals surface area (Å²) in [5.74, 6) is 0. The fraction of sp³-hybridized carbons (Fsp3) is 0.100. The summed E-state index contributed by atoms with van der Waals surface area (Å²) in [6.45, 7) is 9.52. The smallest absolute Gasteiger partial charge is 0.0620 e. The zero-order valence-corrected chi connectivity index (χ0v) is 35.5. The fourth-order valence-electron chi connectivity index (χ4n) is 11.2. The molecule has 0 spiro atoms. The average Bonchev–Trinajstić information content (AvgIpc) is 3.87. The van der Waals surface area contributed by atoms with Crippen molar-refractivity contribution >= 4 is 38.9 Å². The first kappa shape index (κ1) is 36.4. The van der Waals surface area contributed by atoms with Gasteiger partial charge in [-0.3, -0.25) is 0 Å². The number of para-hydroxylation sites is 4. The standard InChI is InChI=1S/C60H46N2/c1-59(2)51-33-13-9-27-49(51)56-52(59)34-19-37-55(56)61(41-23-16-20-39(38-41)42-28-17-29-46-43-24-8-12-32-50(43)60(3,4)57(42)46)53-35-14-10-25-44(53)47-30-18-31-48-45-26-11-15-36-54(45)62(58(47)48)40-21-6-5-7-22-40/h5-38H,1-4H3. The van der Waals surface area contributed by atoms with Crippen molar-refractivity contribution in [2.24, 2.45) is 0 Å². The molecule has 0 aliphatic heterocycles. The molecule has 0 unspecified atom stereocenters. The predicted molar refractivity (Wildman–Crippen MR) is 261 cm³/mol. The number of anilines is 3. The molecule has 1 aromatic heterocycles. The van der Waals surface area contributed by atoms with Gasteiger partial charge in [-0.15, -0.1) is 0 Å². The SMILES string of the molecule is CC1(C)c2ccccc2-c2c(N(c3cccc(-c4cccc5c4C(C)(C)c4ccccc4-5)c3)c3ccccc3-c3cccc4c5ccccc5n(-c5ccccc5)c34)cccc21. The Morgan fingerprint density at radius 2 is 0.952 bits per heavy atom. The second-order valence-corrected chi connectivity index (χ2v) is 18.1. The van der Waals surface area contributed by atoms with Crippen LogP contribution >= 0.6 is 0 Å². The van der Waals surface area contributed by atoms with Crippen LogP contribution < -0.4 is 4.90 Å². The summed E-state index contributed by atoms with van der Waals surface area (Å²) in [5.41, 5.74) is 22.3. The highest BCUT2D eigenvalue weighted by atomic mass is 15.1. The van der Waals surface area contributed by atoms with Crippen LogP contribution in [0.1, 0.15) is 49.9 Å². The lowest BCUT2D eigenvalue weighted by atomic mass is 9.79. The summed E-state index contributed by atoms with van der Waals surface area (Å²) in [4.78, 5) is 2.55. The first-order chi connectivity index (χ1) is 30.3. The molecule has 0 amide bonds. The van der Waals surface area contributed by atoms with E-state index in [1.54, 1.807) is 0 Å². The van der Waals surface area contributed by atoms with Gasteiger partial charge in [0, 0.05) is 49.7 Å². The van der Waals surface area contributed by atoms with E-state index in [1.807, 2.05) is 0 Å². The van der Waals surface area contributed by atoms with Gasteiger partial charge in [0.05, 0.1) is 22.4 Å². The number of rotatable bonds is 6. The normalized spacial score (nSPS) is 14.1. The van der Waals surface area contributed by atoms with Crippen LogP contribution in [-0.2, 0) is 10.8 Å². The minimum Gasteiger partial charge on any atom is -0.309 e. The monoisotopic (exact) mass is 794 g/mol. The van der Waals surface area contributed by atoms with Gasteiger partial charge in [0.2, 0.25) is 0 Å². The van der Waals surface area contributed by atoms with Gasteiger partial charge in [-0.25, -0.2) is 0 Å². The van der Waals surface area contributed by atoms with Gasteiger partial charge in [0.25, 0.3) is 0 Å². The molecule has 10 aromatic rings. The van der Waals surface area contributed by atoms with Gasteiger partial charge >= 0.3 is 0 Å². The molecule has 0 saturated heterocycles. The molecular weight excluding hydrogens is 749 g/mol. The quantitative estimate of drug-likeness (QED) is 0.163. The Bertz CT molecular complexity index is 3420. The molecule has 2 nitrogen and oxygen atoms in total. The van der Waals surface area contributed by atoms with E-state index >= 15 is 0 Å². The largest absolute Gasteiger partial charge is 0.309 e. The molecule has 12 rings (SSSR count). The third kappa shape index (κ3) is 5.16. The van der Waals surface area contributed by atoms with E-state index in [1.165, 1.54) is 94.3 Å². The third-order valence-electron chi connectivity index (χ3n) is 14.0. The zero-order valence-electron chi connectivity index (χ0n) is 35.5. The molecular formula is C60H46N2. The van der Waals surface area contributed by atoms with Gasteiger partial charge in [-0.2, -0.15) is 0 Å². The maximum absolute atomic E-state index is 2.55. The maximum atomic E-state index is 2.55. The van der Waals surface area contributed by atoms with E-state index in [4.69, 9.17) is 0 Å². The number of fused-ring (bicyclic) bond motifs is 9. The van der Waals surface area contributed by atoms with Crippen molar-refractivity contribution in [2.75, 3.05) is 4.90 Å². The van der Waals surface area contributed by atoms with Crippen LogP contribution in [0.4, 0.5) is 17.1 Å². The third-order valence-corrected chi connectivity index (χ3v) is 14.0. The Balaban J connectivity index is 1.14. The van der Waals surface area contributed by atoms with Crippen molar-refractivity contribution < 1.29 is 0 Å². The second kappa shape index (κ2) is 13.5. The van der Waals surface area contributed by atoms with Gasteiger partial charge < -0.3 is 9.47 Å². The number of hydrogen-bond donors (Lipinski definition) is 0. The highest BCUT2D eigenvalue weighted by Crippen LogP contribution is 2.56. The van der Waals surface area contributed by atoms with E-state index < -0.39 is 0 Å². The van der Waals surface area contributed by atoms with E-state index in [2.05, 4.69) is 243 Å². The molecule has 0 bridgehead atoms. The molecule has 2 heteroatoms. The van der Waals surface area contributed by atoms with Gasteiger partial charge in [-0.1, -0.05) is 191 Å². The Kier molecular flexibility index (Phi) is 7.96. The number of benzene rings is 9. The molecule has 9 aromatic carbocycles. The lowest BCUT2D eigenvalue weighted by Crippen LogP contribution is -2.17. The van der Waals surface area contributed by atoms with Crippen molar-refractivity contribution in [2.45, 2.75) is 38.5 Å². The molecule has 0 atom stereocenters. The molecule has 0 radical (unpaired) electrons. The summed E-state index contributed by atoms with van der Waals surface area (Å²) in [6.07, 6.45) is 0. The van der Waals surface area contributed by atoms with Crippen LogP contribution in [0.5, 0.6) is 0 Å². The summed E-state index contributed by atoms with van der Waals surface area (Å²) < 4.78 is 2.45. The molecule has 62 heavy (non-hydrogen) atoms. The van der Waals surface area contributed by atoms with E-state index in [0.717, 1.165) is 17.1 Å². The van der Waals surface area contributed by atoms with E-state index in [9.17, 15) is 0 Å². The summed E-state index contributed by atoms with van der Waals surface area (Å²) in [7, 11) is 0. The molecule has 1 heterocycles. The van der Waals surface area contributed by atoms with Crippen molar-refractivity contribution in [1.82, 2.24) is 4.57 Å². The minimum atomic E-state index is -0.150.